The highest BCUT2D eigenvalue weighted by Crippen LogP contribution is 2.30. The van der Waals surface area contributed by atoms with E-state index >= 15 is 0 Å². The predicted octanol–water partition coefficient (Wildman–Crippen LogP) is 4.86. The predicted molar refractivity (Wildman–Crippen MR) is 97.7 cm³/mol. The van der Waals surface area contributed by atoms with Gasteiger partial charge in [0, 0.05) is 28.6 Å². The lowest BCUT2D eigenvalue weighted by Gasteiger charge is -2.04. The summed E-state index contributed by atoms with van der Waals surface area (Å²) in [6.07, 6.45) is 0. The summed E-state index contributed by atoms with van der Waals surface area (Å²) in [4.78, 5) is 16.7. The van der Waals surface area contributed by atoms with Crippen LogP contribution in [0.2, 0.25) is 5.02 Å². The number of hydrogen-bond donors (Lipinski definition) is 1. The van der Waals surface area contributed by atoms with E-state index in [0.717, 1.165) is 16.8 Å². The number of rotatable bonds is 5. The second-order valence-corrected chi connectivity index (χ2v) is 6.37. The fourth-order valence-corrected chi connectivity index (χ4v) is 3.15. The summed E-state index contributed by atoms with van der Waals surface area (Å²) in [6.45, 7) is 0.523. The maximum atomic E-state index is 12.3. The standard InChI is InChI=1S/C18H15ClN2O2S/c1-23-10-12-6-8-13(9-7-12)17(22)21-18-20-16(11-24-18)14-4-2-3-5-15(14)19/h2-9,11H,10H2,1H3,(H,20,21,22). The summed E-state index contributed by atoms with van der Waals surface area (Å²) < 4.78 is 5.06. The van der Waals surface area contributed by atoms with Crippen molar-refractivity contribution in [2.75, 3.05) is 12.4 Å². The van der Waals surface area contributed by atoms with Crippen molar-refractivity contribution in [2.45, 2.75) is 6.61 Å². The van der Waals surface area contributed by atoms with Crippen molar-refractivity contribution in [3.05, 3.63) is 70.1 Å². The van der Waals surface area contributed by atoms with Crippen LogP contribution in [-0.4, -0.2) is 18.0 Å². The van der Waals surface area contributed by atoms with E-state index < -0.39 is 0 Å². The Morgan fingerprint density at radius 2 is 1.96 bits per heavy atom. The van der Waals surface area contributed by atoms with Crippen molar-refractivity contribution >= 4 is 34.0 Å². The zero-order chi connectivity index (χ0) is 16.9. The van der Waals surface area contributed by atoms with Crippen LogP contribution in [0, 0.1) is 0 Å². The van der Waals surface area contributed by atoms with Gasteiger partial charge in [0.05, 0.1) is 12.3 Å². The van der Waals surface area contributed by atoms with Crippen molar-refractivity contribution < 1.29 is 9.53 Å². The number of ether oxygens (including phenoxy) is 1. The minimum absolute atomic E-state index is 0.195. The number of benzene rings is 2. The Balaban J connectivity index is 1.72. The molecule has 1 aromatic heterocycles. The SMILES string of the molecule is COCc1ccc(C(=O)Nc2nc(-c3ccccc3Cl)cs2)cc1. The van der Waals surface area contributed by atoms with Gasteiger partial charge in [-0.1, -0.05) is 41.9 Å². The molecule has 0 bridgehead atoms. The normalized spacial score (nSPS) is 10.6. The van der Waals surface area contributed by atoms with Gasteiger partial charge in [-0.15, -0.1) is 11.3 Å². The van der Waals surface area contributed by atoms with E-state index in [0.29, 0.717) is 22.3 Å². The van der Waals surface area contributed by atoms with E-state index in [9.17, 15) is 4.79 Å². The molecule has 1 amide bonds. The van der Waals surface area contributed by atoms with Crippen LogP contribution in [0.15, 0.2) is 53.9 Å². The lowest BCUT2D eigenvalue weighted by atomic mass is 10.1. The average molecular weight is 359 g/mol. The number of carbonyl (C=O) groups excluding carboxylic acids is 1. The van der Waals surface area contributed by atoms with E-state index in [1.165, 1.54) is 11.3 Å². The Labute approximate surface area is 149 Å². The number of amides is 1. The molecular formula is C18H15ClN2O2S. The first-order valence-corrected chi connectivity index (χ1v) is 8.53. The zero-order valence-electron chi connectivity index (χ0n) is 13.0. The number of anilines is 1. The van der Waals surface area contributed by atoms with Gasteiger partial charge in [0.15, 0.2) is 5.13 Å². The van der Waals surface area contributed by atoms with Crippen LogP contribution >= 0.6 is 22.9 Å². The average Bonchev–Trinajstić information content (AvgIpc) is 3.04. The Morgan fingerprint density at radius 1 is 1.21 bits per heavy atom. The first-order chi connectivity index (χ1) is 11.7. The Bertz CT molecular complexity index is 846. The van der Waals surface area contributed by atoms with E-state index in [-0.39, 0.29) is 5.91 Å². The number of nitrogens with one attached hydrogen (secondary N) is 1. The maximum Gasteiger partial charge on any atom is 0.257 e. The summed E-state index contributed by atoms with van der Waals surface area (Å²) in [6, 6.07) is 14.8. The van der Waals surface area contributed by atoms with Crippen LogP contribution in [0.5, 0.6) is 0 Å². The molecular weight excluding hydrogens is 344 g/mol. The highest BCUT2D eigenvalue weighted by Gasteiger charge is 2.11. The second kappa shape index (κ2) is 7.57. The summed E-state index contributed by atoms with van der Waals surface area (Å²) in [5.74, 6) is -0.195. The maximum absolute atomic E-state index is 12.3. The monoisotopic (exact) mass is 358 g/mol. The number of nitrogens with zero attached hydrogens (tertiary/aromatic N) is 1. The molecule has 6 heteroatoms. The third-order valence-electron chi connectivity index (χ3n) is 3.40. The molecule has 0 unspecified atom stereocenters. The van der Waals surface area contributed by atoms with Gasteiger partial charge in [0.1, 0.15) is 0 Å². The van der Waals surface area contributed by atoms with Crippen molar-refractivity contribution in [3.63, 3.8) is 0 Å². The molecule has 122 valence electrons. The first-order valence-electron chi connectivity index (χ1n) is 7.27. The third kappa shape index (κ3) is 3.82. The van der Waals surface area contributed by atoms with Crippen LogP contribution in [0.25, 0.3) is 11.3 Å². The highest BCUT2D eigenvalue weighted by atomic mass is 35.5. The first kappa shape index (κ1) is 16.6. The summed E-state index contributed by atoms with van der Waals surface area (Å²) in [7, 11) is 1.64. The van der Waals surface area contributed by atoms with Crippen LogP contribution in [0.4, 0.5) is 5.13 Å². The molecule has 4 nitrogen and oxygen atoms in total. The minimum atomic E-state index is -0.195. The molecule has 0 fully saturated rings. The number of aromatic nitrogens is 1. The Morgan fingerprint density at radius 3 is 2.67 bits per heavy atom. The summed E-state index contributed by atoms with van der Waals surface area (Å²) in [5.41, 5.74) is 3.19. The Hall–Kier alpha value is -2.21. The molecule has 1 heterocycles. The van der Waals surface area contributed by atoms with E-state index in [1.807, 2.05) is 41.8 Å². The van der Waals surface area contributed by atoms with Crippen molar-refractivity contribution in [2.24, 2.45) is 0 Å². The van der Waals surface area contributed by atoms with Gasteiger partial charge in [0.25, 0.3) is 5.91 Å². The number of methoxy groups -OCH3 is 1. The van der Waals surface area contributed by atoms with Gasteiger partial charge < -0.3 is 4.74 Å². The second-order valence-electron chi connectivity index (χ2n) is 5.10. The lowest BCUT2D eigenvalue weighted by molar-refractivity contribution is 0.102. The molecule has 0 saturated carbocycles. The summed E-state index contributed by atoms with van der Waals surface area (Å²) >= 11 is 7.54. The molecule has 0 aliphatic carbocycles. The fourth-order valence-electron chi connectivity index (χ4n) is 2.21. The zero-order valence-corrected chi connectivity index (χ0v) is 14.5. The van der Waals surface area contributed by atoms with Crippen molar-refractivity contribution in [1.82, 2.24) is 4.98 Å². The van der Waals surface area contributed by atoms with Gasteiger partial charge in [-0.25, -0.2) is 4.98 Å². The largest absolute Gasteiger partial charge is 0.380 e. The van der Waals surface area contributed by atoms with Gasteiger partial charge in [0.2, 0.25) is 0 Å². The third-order valence-corrected chi connectivity index (χ3v) is 4.49. The molecule has 3 rings (SSSR count). The number of hydrogen-bond acceptors (Lipinski definition) is 4. The number of carbonyl (C=O) groups is 1. The Kier molecular flexibility index (Phi) is 5.25. The molecule has 0 radical (unpaired) electrons. The van der Waals surface area contributed by atoms with Gasteiger partial charge in [-0.2, -0.15) is 0 Å². The van der Waals surface area contributed by atoms with Gasteiger partial charge >= 0.3 is 0 Å². The number of halogens is 1. The van der Waals surface area contributed by atoms with E-state index in [2.05, 4.69) is 10.3 Å². The molecule has 0 aliphatic heterocycles. The highest BCUT2D eigenvalue weighted by molar-refractivity contribution is 7.14. The molecule has 3 aromatic rings. The molecule has 0 atom stereocenters. The van der Waals surface area contributed by atoms with Crippen molar-refractivity contribution in [1.29, 1.82) is 0 Å². The smallest absolute Gasteiger partial charge is 0.257 e. The quantitative estimate of drug-likeness (QED) is 0.708. The molecule has 24 heavy (non-hydrogen) atoms. The van der Waals surface area contributed by atoms with E-state index in [4.69, 9.17) is 16.3 Å². The van der Waals surface area contributed by atoms with Gasteiger partial charge in [-0.3, -0.25) is 10.1 Å². The molecule has 0 saturated heterocycles. The van der Waals surface area contributed by atoms with E-state index in [1.54, 1.807) is 19.2 Å². The van der Waals surface area contributed by atoms with Gasteiger partial charge in [-0.05, 0) is 23.8 Å². The van der Waals surface area contributed by atoms with Crippen LogP contribution in [0.1, 0.15) is 15.9 Å². The minimum Gasteiger partial charge on any atom is -0.380 e. The van der Waals surface area contributed by atoms with Crippen molar-refractivity contribution in [3.8, 4) is 11.3 Å². The molecule has 0 spiro atoms. The van der Waals surface area contributed by atoms with Crippen LogP contribution < -0.4 is 5.32 Å². The lowest BCUT2D eigenvalue weighted by Crippen LogP contribution is -2.11. The van der Waals surface area contributed by atoms with Crippen LogP contribution in [0.3, 0.4) is 0 Å². The molecule has 0 aliphatic rings. The van der Waals surface area contributed by atoms with Crippen LogP contribution in [-0.2, 0) is 11.3 Å². The topological polar surface area (TPSA) is 51.2 Å². The molecule has 2 aromatic carbocycles. The molecule has 1 N–H and O–H groups in total. The number of thiazole rings is 1. The fraction of sp³-hybridized carbons (Fsp3) is 0.111. The summed E-state index contributed by atoms with van der Waals surface area (Å²) in [5, 5.41) is 5.86.